The van der Waals surface area contributed by atoms with E-state index in [1.54, 1.807) is 29.9 Å². The SMILES string of the molecule is CCN(CC)C(=O)C(=O)c1cccn1C. The summed E-state index contributed by atoms with van der Waals surface area (Å²) in [5.74, 6) is -0.868. The topological polar surface area (TPSA) is 42.3 Å². The van der Waals surface area contributed by atoms with Gasteiger partial charge in [0.25, 0.3) is 11.7 Å². The Balaban J connectivity index is 2.86. The lowest BCUT2D eigenvalue weighted by Crippen LogP contribution is -2.36. The Morgan fingerprint density at radius 3 is 2.33 bits per heavy atom. The van der Waals surface area contributed by atoms with E-state index in [-0.39, 0.29) is 0 Å². The highest BCUT2D eigenvalue weighted by molar-refractivity contribution is 6.42. The minimum atomic E-state index is -0.439. The monoisotopic (exact) mass is 208 g/mol. The lowest BCUT2D eigenvalue weighted by molar-refractivity contribution is -0.126. The van der Waals surface area contributed by atoms with E-state index in [0.29, 0.717) is 18.8 Å². The largest absolute Gasteiger partial charge is 0.348 e. The van der Waals surface area contributed by atoms with E-state index in [1.165, 1.54) is 4.90 Å². The van der Waals surface area contributed by atoms with Gasteiger partial charge in [0.2, 0.25) is 0 Å². The Morgan fingerprint density at radius 2 is 1.93 bits per heavy atom. The molecule has 0 atom stereocenters. The van der Waals surface area contributed by atoms with Gasteiger partial charge in [-0.15, -0.1) is 0 Å². The smallest absolute Gasteiger partial charge is 0.296 e. The molecule has 0 radical (unpaired) electrons. The first-order chi connectivity index (χ1) is 7.11. The highest BCUT2D eigenvalue weighted by atomic mass is 16.2. The molecule has 15 heavy (non-hydrogen) atoms. The molecule has 0 aliphatic heterocycles. The van der Waals surface area contributed by atoms with Gasteiger partial charge in [-0.3, -0.25) is 9.59 Å². The predicted octanol–water partition coefficient (Wildman–Crippen LogP) is 1.08. The molecule has 4 nitrogen and oxygen atoms in total. The number of amides is 1. The van der Waals surface area contributed by atoms with E-state index >= 15 is 0 Å². The number of carbonyl (C=O) groups is 2. The van der Waals surface area contributed by atoms with E-state index < -0.39 is 11.7 Å². The lowest BCUT2D eigenvalue weighted by atomic mass is 10.2. The number of aromatic nitrogens is 1. The van der Waals surface area contributed by atoms with Crippen LogP contribution in [0.15, 0.2) is 18.3 Å². The van der Waals surface area contributed by atoms with Crippen molar-refractivity contribution in [3.8, 4) is 0 Å². The van der Waals surface area contributed by atoms with Gasteiger partial charge in [0, 0.05) is 26.3 Å². The fourth-order valence-electron chi connectivity index (χ4n) is 1.46. The van der Waals surface area contributed by atoms with Crippen LogP contribution in [0.2, 0.25) is 0 Å². The molecule has 0 saturated heterocycles. The van der Waals surface area contributed by atoms with Gasteiger partial charge in [-0.25, -0.2) is 0 Å². The van der Waals surface area contributed by atoms with Crippen LogP contribution in [0.25, 0.3) is 0 Å². The van der Waals surface area contributed by atoms with Crippen LogP contribution < -0.4 is 0 Å². The van der Waals surface area contributed by atoms with Crippen LogP contribution >= 0.6 is 0 Å². The third-order valence-corrected chi connectivity index (χ3v) is 2.42. The second-order valence-electron chi connectivity index (χ2n) is 3.31. The van der Waals surface area contributed by atoms with Crippen LogP contribution in [-0.2, 0) is 11.8 Å². The van der Waals surface area contributed by atoms with Crippen molar-refractivity contribution < 1.29 is 9.59 Å². The molecule has 1 aromatic rings. The third-order valence-electron chi connectivity index (χ3n) is 2.42. The fourth-order valence-corrected chi connectivity index (χ4v) is 1.46. The molecule has 0 fully saturated rings. The Hall–Kier alpha value is -1.58. The zero-order valence-electron chi connectivity index (χ0n) is 9.36. The summed E-state index contributed by atoms with van der Waals surface area (Å²) in [5.41, 5.74) is 0.437. The van der Waals surface area contributed by atoms with E-state index in [2.05, 4.69) is 0 Å². The van der Waals surface area contributed by atoms with Gasteiger partial charge in [0.1, 0.15) is 0 Å². The van der Waals surface area contributed by atoms with Gasteiger partial charge in [-0.1, -0.05) is 0 Å². The average molecular weight is 208 g/mol. The highest BCUT2D eigenvalue weighted by Gasteiger charge is 2.22. The molecule has 0 aromatic carbocycles. The normalized spacial score (nSPS) is 10.1. The molecule has 1 heterocycles. The molecular formula is C11H16N2O2. The van der Waals surface area contributed by atoms with Crippen molar-refractivity contribution in [1.82, 2.24) is 9.47 Å². The molecule has 1 aromatic heterocycles. The van der Waals surface area contributed by atoms with Crippen molar-refractivity contribution >= 4 is 11.7 Å². The number of rotatable bonds is 4. The lowest BCUT2D eigenvalue weighted by Gasteiger charge is -2.17. The molecule has 0 spiro atoms. The predicted molar refractivity (Wildman–Crippen MR) is 57.7 cm³/mol. The molecule has 0 N–H and O–H groups in total. The van der Waals surface area contributed by atoms with E-state index in [4.69, 9.17) is 0 Å². The van der Waals surface area contributed by atoms with Crippen molar-refractivity contribution in [2.75, 3.05) is 13.1 Å². The van der Waals surface area contributed by atoms with E-state index in [9.17, 15) is 9.59 Å². The number of likely N-dealkylation sites (N-methyl/N-ethyl adjacent to an activating group) is 1. The summed E-state index contributed by atoms with van der Waals surface area (Å²) in [7, 11) is 1.75. The van der Waals surface area contributed by atoms with Gasteiger partial charge in [-0.2, -0.15) is 0 Å². The van der Waals surface area contributed by atoms with Crippen LogP contribution in [0.3, 0.4) is 0 Å². The van der Waals surface area contributed by atoms with Gasteiger partial charge in [0.15, 0.2) is 0 Å². The highest BCUT2D eigenvalue weighted by Crippen LogP contribution is 2.03. The summed E-state index contributed by atoms with van der Waals surface area (Å²) in [4.78, 5) is 25.0. The minimum absolute atomic E-state index is 0.429. The van der Waals surface area contributed by atoms with Gasteiger partial charge >= 0.3 is 0 Å². The molecule has 0 unspecified atom stereocenters. The number of nitrogens with zero attached hydrogens (tertiary/aromatic N) is 2. The standard InChI is InChI=1S/C11H16N2O2/c1-4-13(5-2)11(15)10(14)9-7-6-8-12(9)3/h6-8H,4-5H2,1-3H3. The maximum atomic E-state index is 11.8. The zero-order valence-corrected chi connectivity index (χ0v) is 9.36. The maximum Gasteiger partial charge on any atom is 0.296 e. The quantitative estimate of drug-likeness (QED) is 0.549. The summed E-state index contributed by atoms with van der Waals surface area (Å²) in [5, 5.41) is 0. The average Bonchev–Trinajstić information content (AvgIpc) is 2.65. The van der Waals surface area contributed by atoms with Gasteiger partial charge in [-0.05, 0) is 26.0 Å². The first-order valence-electron chi connectivity index (χ1n) is 5.06. The van der Waals surface area contributed by atoms with Crippen molar-refractivity contribution in [1.29, 1.82) is 0 Å². The van der Waals surface area contributed by atoms with Crippen molar-refractivity contribution in [3.63, 3.8) is 0 Å². The summed E-state index contributed by atoms with van der Waals surface area (Å²) in [6, 6.07) is 3.41. The number of hydrogen-bond acceptors (Lipinski definition) is 2. The van der Waals surface area contributed by atoms with Crippen LogP contribution in [-0.4, -0.2) is 34.2 Å². The molecule has 4 heteroatoms. The first-order valence-corrected chi connectivity index (χ1v) is 5.06. The molecule has 0 saturated carbocycles. The van der Waals surface area contributed by atoms with Gasteiger partial charge in [0.05, 0.1) is 5.69 Å². The Kier molecular flexibility index (Phi) is 3.66. The summed E-state index contributed by atoms with van der Waals surface area (Å²) >= 11 is 0. The summed E-state index contributed by atoms with van der Waals surface area (Å²) in [6.07, 6.45) is 1.75. The van der Waals surface area contributed by atoms with Crippen LogP contribution in [0.5, 0.6) is 0 Å². The number of Topliss-reactive ketones (excluding diaryl/α,β-unsaturated/α-hetero) is 1. The molecule has 1 amide bonds. The van der Waals surface area contributed by atoms with E-state index in [1.807, 2.05) is 13.8 Å². The zero-order chi connectivity index (χ0) is 11.4. The second-order valence-corrected chi connectivity index (χ2v) is 3.31. The van der Waals surface area contributed by atoms with Crippen LogP contribution in [0.1, 0.15) is 24.3 Å². The molecule has 0 aliphatic rings. The summed E-state index contributed by atoms with van der Waals surface area (Å²) in [6.45, 7) is 4.84. The Morgan fingerprint density at radius 1 is 1.33 bits per heavy atom. The second kappa shape index (κ2) is 4.77. The van der Waals surface area contributed by atoms with Crippen LogP contribution in [0.4, 0.5) is 0 Å². The number of aryl methyl sites for hydroxylation is 1. The molecule has 82 valence electrons. The van der Waals surface area contributed by atoms with E-state index in [0.717, 1.165) is 0 Å². The molecule has 0 bridgehead atoms. The first kappa shape index (κ1) is 11.5. The maximum absolute atomic E-state index is 11.8. The third kappa shape index (κ3) is 2.26. The van der Waals surface area contributed by atoms with Crippen molar-refractivity contribution in [3.05, 3.63) is 24.0 Å². The minimum Gasteiger partial charge on any atom is -0.348 e. The summed E-state index contributed by atoms with van der Waals surface area (Å²) < 4.78 is 1.66. The fraction of sp³-hybridized carbons (Fsp3) is 0.455. The van der Waals surface area contributed by atoms with Crippen molar-refractivity contribution in [2.24, 2.45) is 7.05 Å². The number of hydrogen-bond donors (Lipinski definition) is 0. The van der Waals surface area contributed by atoms with Crippen molar-refractivity contribution in [2.45, 2.75) is 13.8 Å². The van der Waals surface area contributed by atoms with Gasteiger partial charge < -0.3 is 9.47 Å². The molecule has 0 aliphatic carbocycles. The van der Waals surface area contributed by atoms with Crippen LogP contribution in [0, 0.1) is 0 Å². The molecular weight excluding hydrogens is 192 g/mol. The molecule has 1 rings (SSSR count). The number of carbonyl (C=O) groups excluding carboxylic acids is 2. The Labute approximate surface area is 89.5 Å². The number of ketones is 1. The Bertz CT molecular complexity index is 364.